The first kappa shape index (κ1) is 12.3. The lowest BCUT2D eigenvalue weighted by molar-refractivity contribution is -0.378. The minimum Gasteiger partial charge on any atom is -0.466 e. The van der Waals surface area contributed by atoms with Crippen molar-refractivity contribution < 1.29 is 14.5 Å². The lowest BCUT2D eigenvalue weighted by Gasteiger charge is -2.25. The van der Waals surface area contributed by atoms with Crippen molar-refractivity contribution in [2.24, 2.45) is 0 Å². The second-order valence-electron chi connectivity index (χ2n) is 4.34. The van der Waals surface area contributed by atoms with Gasteiger partial charge < -0.3 is 10.1 Å². The molecule has 0 radical (unpaired) electrons. The third kappa shape index (κ3) is 1.81. The van der Waals surface area contributed by atoms with Crippen LogP contribution in [0.5, 0.6) is 0 Å². The Hall–Kier alpha value is -2.77. The summed E-state index contributed by atoms with van der Waals surface area (Å²) in [4.78, 5) is 15.1. The highest BCUT2D eigenvalue weighted by atomic mass is 16.5. The van der Waals surface area contributed by atoms with Crippen LogP contribution in [0.15, 0.2) is 35.8 Å². The molecule has 2 aromatic rings. The summed E-state index contributed by atoms with van der Waals surface area (Å²) >= 11 is 0. The Morgan fingerprint density at radius 2 is 2.40 bits per heavy atom. The first-order valence-electron chi connectivity index (χ1n) is 6.02. The van der Waals surface area contributed by atoms with Crippen LogP contribution in [0.2, 0.25) is 0 Å². The number of carbonyl (C=O) groups is 1. The van der Waals surface area contributed by atoms with Crippen LogP contribution in [0.1, 0.15) is 18.5 Å². The van der Waals surface area contributed by atoms with E-state index in [1.54, 1.807) is 24.0 Å². The molecule has 3 rings (SSSR count). The monoisotopic (exact) mass is 273 g/mol. The molecule has 2 N–H and O–H groups in total. The Kier molecular flexibility index (Phi) is 2.90. The zero-order chi connectivity index (χ0) is 14.1. The third-order valence-electron chi connectivity index (χ3n) is 3.17. The summed E-state index contributed by atoms with van der Waals surface area (Å²) in [7, 11) is 1.35. The molecule has 0 saturated heterocycles. The van der Waals surface area contributed by atoms with Gasteiger partial charge in [-0.25, -0.2) is 9.78 Å². The highest BCUT2D eigenvalue weighted by Crippen LogP contribution is 2.33. The van der Waals surface area contributed by atoms with Crippen LogP contribution in [0.3, 0.4) is 0 Å². The fourth-order valence-corrected chi connectivity index (χ4v) is 2.27. The zero-order valence-corrected chi connectivity index (χ0v) is 11.0. The minimum absolute atomic E-state index is 0.412. The van der Waals surface area contributed by atoms with Gasteiger partial charge in [-0.2, -0.15) is 4.68 Å². The summed E-state index contributed by atoms with van der Waals surface area (Å²) < 4.78 is 6.43. The summed E-state index contributed by atoms with van der Waals surface area (Å²) in [6.45, 7) is 1.80. The normalized spacial score (nSPS) is 17.4. The van der Waals surface area contributed by atoms with Crippen molar-refractivity contribution in [1.29, 1.82) is 0 Å². The molecule has 1 unspecified atom stereocenters. The Balaban J connectivity index is 2.19. The quantitative estimate of drug-likeness (QED) is 0.771. The zero-order valence-electron chi connectivity index (χ0n) is 11.0. The van der Waals surface area contributed by atoms with Crippen LogP contribution in [0, 0.1) is 0 Å². The van der Waals surface area contributed by atoms with Gasteiger partial charge in [-0.3, -0.25) is 0 Å². The molecule has 0 fully saturated rings. The van der Waals surface area contributed by atoms with Crippen LogP contribution >= 0.6 is 0 Å². The van der Waals surface area contributed by atoms with Gasteiger partial charge in [-0.15, -0.1) is 0 Å². The standard InChI is InChI=1S/C12H12N6O2/c1-7-9(11(19)20-2)10(8-4-3-5-13-6-8)18-12(14-7)15-16-17-18/h3-6,10H,1-2H3,(H,14,15,17)/p+1. The fourth-order valence-electron chi connectivity index (χ4n) is 2.27. The molecule has 2 aromatic heterocycles. The van der Waals surface area contributed by atoms with E-state index in [1.165, 1.54) is 7.11 Å². The minimum atomic E-state index is -0.425. The van der Waals surface area contributed by atoms with Gasteiger partial charge in [0.15, 0.2) is 12.4 Å². The molecule has 20 heavy (non-hydrogen) atoms. The summed E-state index contributed by atoms with van der Waals surface area (Å²) in [5.74, 6) is 0.0778. The number of ether oxygens (including phenoxy) is 1. The molecule has 8 heteroatoms. The van der Waals surface area contributed by atoms with E-state index in [-0.39, 0.29) is 0 Å². The van der Waals surface area contributed by atoms with Crippen molar-refractivity contribution in [2.75, 3.05) is 12.4 Å². The van der Waals surface area contributed by atoms with Crippen molar-refractivity contribution >= 4 is 11.9 Å². The number of fused-ring (bicyclic) bond motifs is 1. The number of H-pyrrole nitrogens is 1. The molecule has 0 spiro atoms. The lowest BCUT2D eigenvalue weighted by atomic mass is 9.97. The Bertz CT molecular complexity index is 678. The molecule has 8 nitrogen and oxygen atoms in total. The van der Waals surface area contributed by atoms with Gasteiger partial charge in [0.1, 0.15) is 6.04 Å². The number of aromatic amines is 1. The molecule has 1 atom stereocenters. The Morgan fingerprint density at radius 1 is 1.55 bits per heavy atom. The average molecular weight is 273 g/mol. The number of nitrogens with one attached hydrogen (secondary N) is 2. The maximum absolute atomic E-state index is 12.1. The number of methoxy groups -OCH3 is 1. The van der Waals surface area contributed by atoms with Crippen molar-refractivity contribution in [3.8, 4) is 0 Å². The summed E-state index contributed by atoms with van der Waals surface area (Å²) in [5.41, 5.74) is 2.02. The number of esters is 1. The number of rotatable bonds is 2. The van der Waals surface area contributed by atoms with E-state index in [4.69, 9.17) is 4.74 Å². The van der Waals surface area contributed by atoms with Crippen LogP contribution < -0.4 is 10.3 Å². The van der Waals surface area contributed by atoms with E-state index in [0.717, 1.165) is 5.56 Å². The maximum atomic E-state index is 12.1. The second-order valence-corrected chi connectivity index (χ2v) is 4.34. The SMILES string of the molecule is COC(=O)C1=C(C)Nc2nnnn2C1c1ccc[nH+]c1. The number of hydrogen-bond acceptors (Lipinski definition) is 6. The maximum Gasteiger partial charge on any atom is 0.338 e. The number of nitrogens with zero attached hydrogens (tertiary/aromatic N) is 4. The van der Waals surface area contributed by atoms with E-state index in [9.17, 15) is 4.79 Å². The van der Waals surface area contributed by atoms with Gasteiger partial charge in [-0.1, -0.05) is 5.10 Å². The number of tetrazole rings is 1. The Morgan fingerprint density at radius 3 is 3.10 bits per heavy atom. The van der Waals surface area contributed by atoms with Crippen LogP contribution in [0.25, 0.3) is 0 Å². The summed E-state index contributed by atoms with van der Waals surface area (Å²) in [6.07, 6.45) is 3.59. The predicted octanol–water partition coefficient (Wildman–Crippen LogP) is -0.0509. The second kappa shape index (κ2) is 4.72. The molecular weight excluding hydrogens is 260 g/mol. The Labute approximate surface area is 114 Å². The molecule has 3 heterocycles. The first-order chi connectivity index (χ1) is 9.72. The topological polar surface area (TPSA) is 96.1 Å². The van der Waals surface area contributed by atoms with Crippen molar-refractivity contribution in [2.45, 2.75) is 13.0 Å². The highest BCUT2D eigenvalue weighted by molar-refractivity contribution is 5.92. The molecule has 0 aliphatic carbocycles. The van der Waals surface area contributed by atoms with Crippen molar-refractivity contribution in [3.63, 3.8) is 0 Å². The van der Waals surface area contributed by atoms with E-state index in [1.807, 2.05) is 12.1 Å². The summed E-state index contributed by atoms with van der Waals surface area (Å²) in [6, 6.07) is 3.32. The van der Waals surface area contributed by atoms with E-state index in [0.29, 0.717) is 17.2 Å². The smallest absolute Gasteiger partial charge is 0.338 e. The number of allylic oxidation sites excluding steroid dienone is 1. The number of anilines is 1. The number of carbonyl (C=O) groups excluding carboxylic acids is 1. The van der Waals surface area contributed by atoms with Gasteiger partial charge in [0.25, 0.3) is 0 Å². The molecule has 1 aliphatic heterocycles. The molecule has 0 saturated carbocycles. The molecule has 0 bridgehead atoms. The molecule has 102 valence electrons. The van der Waals surface area contributed by atoms with Gasteiger partial charge in [-0.05, 0) is 23.4 Å². The number of aromatic nitrogens is 5. The predicted molar refractivity (Wildman–Crippen MR) is 67.3 cm³/mol. The van der Waals surface area contributed by atoms with Gasteiger partial charge in [0.05, 0.1) is 12.7 Å². The summed E-state index contributed by atoms with van der Waals surface area (Å²) in [5, 5.41) is 14.5. The van der Waals surface area contributed by atoms with Gasteiger partial charge >= 0.3 is 5.97 Å². The molecule has 0 amide bonds. The number of hydrogen-bond donors (Lipinski definition) is 1. The van der Waals surface area contributed by atoms with Crippen LogP contribution in [0.4, 0.5) is 5.95 Å². The molecular formula is C12H13N6O2+. The molecule has 0 aromatic carbocycles. The van der Waals surface area contributed by atoms with Crippen molar-refractivity contribution in [3.05, 3.63) is 41.4 Å². The van der Waals surface area contributed by atoms with Crippen molar-refractivity contribution in [1.82, 2.24) is 20.2 Å². The van der Waals surface area contributed by atoms with Crippen LogP contribution in [-0.2, 0) is 9.53 Å². The van der Waals surface area contributed by atoms with Gasteiger partial charge in [0.2, 0.25) is 5.95 Å². The first-order valence-corrected chi connectivity index (χ1v) is 6.02. The third-order valence-corrected chi connectivity index (χ3v) is 3.17. The lowest BCUT2D eigenvalue weighted by Crippen LogP contribution is -2.29. The van der Waals surface area contributed by atoms with Gasteiger partial charge in [0, 0.05) is 17.3 Å². The highest BCUT2D eigenvalue weighted by Gasteiger charge is 2.35. The van der Waals surface area contributed by atoms with E-state index >= 15 is 0 Å². The van der Waals surface area contributed by atoms with E-state index < -0.39 is 12.0 Å². The average Bonchev–Trinajstić information content (AvgIpc) is 2.93. The largest absolute Gasteiger partial charge is 0.466 e. The van der Waals surface area contributed by atoms with Crippen LogP contribution in [-0.4, -0.2) is 33.3 Å². The number of pyridine rings is 1. The fraction of sp³-hybridized carbons (Fsp3) is 0.250. The van der Waals surface area contributed by atoms with E-state index in [2.05, 4.69) is 25.8 Å². The molecule has 1 aliphatic rings.